The van der Waals surface area contributed by atoms with Crippen molar-refractivity contribution in [3.05, 3.63) is 48.3 Å². The zero-order valence-corrected chi connectivity index (χ0v) is 14.0. The van der Waals surface area contributed by atoms with Crippen molar-refractivity contribution in [1.82, 2.24) is 10.3 Å². The quantitative estimate of drug-likeness (QED) is 0.891. The van der Waals surface area contributed by atoms with Gasteiger partial charge in [-0.25, -0.2) is 4.79 Å². The predicted octanol–water partition coefficient (Wildman–Crippen LogP) is 3.83. The minimum Gasteiger partial charge on any atom is -0.448 e. The first-order chi connectivity index (χ1) is 12.2. The number of ether oxygens (including phenoxy) is 2. The van der Waals surface area contributed by atoms with Crippen LogP contribution in [-0.4, -0.2) is 16.8 Å². The summed E-state index contributed by atoms with van der Waals surface area (Å²) in [6, 6.07) is 8.99. The third-order valence-electron chi connectivity index (χ3n) is 4.58. The number of hydrogen-bond acceptors (Lipinski definition) is 4. The van der Waals surface area contributed by atoms with E-state index in [1.165, 1.54) is 6.42 Å². The molecule has 2 aliphatic rings. The van der Waals surface area contributed by atoms with E-state index in [1.807, 2.05) is 30.3 Å². The second kappa shape index (κ2) is 6.63. The van der Waals surface area contributed by atoms with E-state index in [0.29, 0.717) is 18.0 Å². The highest BCUT2D eigenvalue weighted by Gasteiger charge is 2.42. The molecule has 0 radical (unpaired) electrons. The molecule has 4 rings (SSSR count). The molecule has 0 unspecified atom stereocenters. The van der Waals surface area contributed by atoms with Gasteiger partial charge in [-0.05, 0) is 36.6 Å². The molecule has 1 aromatic carbocycles. The number of carbonyl (C=O) groups is 1. The molecule has 25 heavy (non-hydrogen) atoms. The first kappa shape index (κ1) is 15.7. The lowest BCUT2D eigenvalue weighted by atomic mass is 9.94. The predicted molar refractivity (Wildman–Crippen MR) is 93.6 cm³/mol. The van der Waals surface area contributed by atoms with Crippen LogP contribution in [0.4, 0.5) is 10.5 Å². The summed E-state index contributed by atoms with van der Waals surface area (Å²) in [5, 5.41) is 5.64. The number of fused-ring (bicyclic) bond motifs is 1. The van der Waals surface area contributed by atoms with Gasteiger partial charge < -0.3 is 20.1 Å². The van der Waals surface area contributed by atoms with Crippen LogP contribution in [0.15, 0.2) is 42.7 Å². The molecule has 1 fully saturated rings. The van der Waals surface area contributed by atoms with Crippen molar-refractivity contribution in [1.29, 1.82) is 0 Å². The minimum atomic E-state index is -0.498. The van der Waals surface area contributed by atoms with E-state index >= 15 is 0 Å². The van der Waals surface area contributed by atoms with Crippen LogP contribution in [0.25, 0.3) is 0 Å². The van der Waals surface area contributed by atoms with Gasteiger partial charge in [0.05, 0.1) is 0 Å². The molecule has 0 saturated heterocycles. The fourth-order valence-electron chi connectivity index (χ4n) is 3.33. The number of amides is 2. The number of anilines is 1. The van der Waals surface area contributed by atoms with E-state index < -0.39 is 5.79 Å². The maximum atomic E-state index is 12.1. The van der Waals surface area contributed by atoms with Gasteiger partial charge in [0, 0.05) is 43.5 Å². The van der Waals surface area contributed by atoms with Gasteiger partial charge in [0.2, 0.25) is 0 Å². The number of hydrogen-bond donors (Lipinski definition) is 2. The Kier molecular flexibility index (Phi) is 4.17. The topological polar surface area (TPSA) is 72.5 Å². The molecule has 1 aliphatic carbocycles. The van der Waals surface area contributed by atoms with Gasteiger partial charge in [-0.1, -0.05) is 12.5 Å². The number of pyridine rings is 1. The number of benzene rings is 1. The molecular weight excluding hydrogens is 318 g/mol. The molecule has 2 N–H and O–H groups in total. The molecular formula is C19H21N3O3. The third-order valence-corrected chi connectivity index (χ3v) is 4.58. The molecule has 1 aliphatic heterocycles. The maximum absolute atomic E-state index is 12.1. The van der Waals surface area contributed by atoms with Crippen molar-refractivity contribution >= 4 is 11.7 Å². The average molecular weight is 339 g/mol. The smallest absolute Gasteiger partial charge is 0.319 e. The molecule has 1 aromatic heterocycles. The Morgan fingerprint density at radius 1 is 1.12 bits per heavy atom. The highest BCUT2D eigenvalue weighted by Crippen LogP contribution is 2.46. The highest BCUT2D eigenvalue weighted by atomic mass is 16.7. The van der Waals surface area contributed by atoms with Gasteiger partial charge in [-0.3, -0.25) is 4.98 Å². The van der Waals surface area contributed by atoms with Gasteiger partial charge >= 0.3 is 6.03 Å². The molecule has 2 heterocycles. The molecule has 1 saturated carbocycles. The number of carbonyl (C=O) groups excluding carboxylic acids is 1. The van der Waals surface area contributed by atoms with E-state index in [0.717, 1.165) is 37.0 Å². The van der Waals surface area contributed by atoms with Crippen LogP contribution in [0.1, 0.15) is 37.7 Å². The lowest BCUT2D eigenvalue weighted by Gasteiger charge is -2.31. The van der Waals surface area contributed by atoms with Crippen LogP contribution in [0.3, 0.4) is 0 Å². The number of aromatic nitrogens is 1. The van der Waals surface area contributed by atoms with E-state index in [2.05, 4.69) is 15.6 Å². The zero-order valence-electron chi connectivity index (χ0n) is 14.0. The normalized spacial score (nSPS) is 17.3. The summed E-state index contributed by atoms with van der Waals surface area (Å²) in [4.78, 5) is 16.1. The lowest BCUT2D eigenvalue weighted by molar-refractivity contribution is -0.105. The standard InChI is InChI=1S/C19H21N3O3/c23-18(21-13-14-5-4-10-20-12-14)22-15-6-7-16-17(11-15)25-19(24-16)8-2-1-3-9-19/h4-7,10-12H,1-3,8-9,13H2,(H2,21,22,23). The Hall–Kier alpha value is -2.76. The van der Waals surface area contributed by atoms with Crippen LogP contribution in [0.2, 0.25) is 0 Å². The molecule has 2 aromatic rings. The Morgan fingerprint density at radius 3 is 2.76 bits per heavy atom. The minimum absolute atomic E-state index is 0.268. The van der Waals surface area contributed by atoms with Crippen molar-refractivity contribution < 1.29 is 14.3 Å². The second-order valence-electron chi connectivity index (χ2n) is 6.51. The summed E-state index contributed by atoms with van der Waals surface area (Å²) >= 11 is 0. The van der Waals surface area contributed by atoms with Crippen LogP contribution in [0.5, 0.6) is 11.5 Å². The van der Waals surface area contributed by atoms with Crippen molar-refractivity contribution in [3.8, 4) is 11.5 Å². The van der Waals surface area contributed by atoms with Gasteiger partial charge in [0.1, 0.15) is 0 Å². The maximum Gasteiger partial charge on any atom is 0.319 e. The summed E-state index contributed by atoms with van der Waals surface area (Å²) in [5.41, 5.74) is 1.63. The van der Waals surface area contributed by atoms with Crippen LogP contribution >= 0.6 is 0 Å². The zero-order chi connectivity index (χ0) is 17.1. The SMILES string of the molecule is O=C(NCc1cccnc1)Nc1ccc2c(c1)OC1(CCCCC1)O2. The molecule has 0 bridgehead atoms. The Labute approximate surface area is 146 Å². The summed E-state index contributed by atoms with van der Waals surface area (Å²) in [7, 11) is 0. The van der Waals surface area contributed by atoms with Crippen molar-refractivity contribution in [2.45, 2.75) is 44.4 Å². The number of nitrogens with one attached hydrogen (secondary N) is 2. The summed E-state index contributed by atoms with van der Waals surface area (Å²) in [6.45, 7) is 0.424. The van der Waals surface area contributed by atoms with Gasteiger partial charge in [0.15, 0.2) is 11.5 Å². The van der Waals surface area contributed by atoms with Crippen LogP contribution in [-0.2, 0) is 6.54 Å². The summed E-state index contributed by atoms with van der Waals surface area (Å²) < 4.78 is 12.1. The lowest BCUT2D eigenvalue weighted by Crippen LogP contribution is -2.40. The fourth-order valence-corrected chi connectivity index (χ4v) is 3.33. The van der Waals surface area contributed by atoms with E-state index in [4.69, 9.17) is 9.47 Å². The summed E-state index contributed by atoms with van der Waals surface area (Å²) in [6.07, 6.45) is 8.73. The van der Waals surface area contributed by atoms with Crippen molar-refractivity contribution in [3.63, 3.8) is 0 Å². The average Bonchev–Trinajstić information content (AvgIpc) is 2.98. The molecule has 6 heteroatoms. The van der Waals surface area contributed by atoms with Crippen molar-refractivity contribution in [2.75, 3.05) is 5.32 Å². The molecule has 2 amide bonds. The number of urea groups is 1. The van der Waals surface area contributed by atoms with Crippen LogP contribution in [0, 0.1) is 0 Å². The number of rotatable bonds is 3. The molecule has 0 atom stereocenters. The Morgan fingerprint density at radius 2 is 1.96 bits per heavy atom. The number of nitrogens with zero attached hydrogens (tertiary/aromatic N) is 1. The summed E-state index contributed by atoms with van der Waals surface area (Å²) in [5.74, 6) is 0.956. The second-order valence-corrected chi connectivity index (χ2v) is 6.51. The third kappa shape index (κ3) is 3.52. The van der Waals surface area contributed by atoms with Gasteiger partial charge in [-0.15, -0.1) is 0 Å². The molecule has 130 valence electrons. The Balaban J connectivity index is 1.37. The fraction of sp³-hybridized carbons (Fsp3) is 0.368. The molecule has 1 spiro atoms. The first-order valence-corrected chi connectivity index (χ1v) is 8.68. The van der Waals surface area contributed by atoms with Crippen molar-refractivity contribution in [2.24, 2.45) is 0 Å². The largest absolute Gasteiger partial charge is 0.448 e. The Bertz CT molecular complexity index is 758. The first-order valence-electron chi connectivity index (χ1n) is 8.68. The molecule has 6 nitrogen and oxygen atoms in total. The van der Waals surface area contributed by atoms with Gasteiger partial charge in [0.25, 0.3) is 5.79 Å². The van der Waals surface area contributed by atoms with E-state index in [9.17, 15) is 4.79 Å². The van der Waals surface area contributed by atoms with Crippen LogP contribution < -0.4 is 20.1 Å². The van der Waals surface area contributed by atoms with E-state index in [1.54, 1.807) is 12.4 Å². The van der Waals surface area contributed by atoms with Gasteiger partial charge in [-0.2, -0.15) is 0 Å². The highest BCUT2D eigenvalue weighted by molar-refractivity contribution is 5.89. The van der Waals surface area contributed by atoms with E-state index in [-0.39, 0.29) is 6.03 Å². The monoisotopic (exact) mass is 339 g/mol.